The van der Waals surface area contributed by atoms with Gasteiger partial charge in [-0.3, -0.25) is 4.79 Å². The number of rotatable bonds is 4. The Hall–Kier alpha value is -2.95. The number of para-hydroxylation sites is 1. The number of carbonyl (C=O) groups excluding carboxylic acids is 1. The summed E-state index contributed by atoms with van der Waals surface area (Å²) >= 11 is 0. The van der Waals surface area contributed by atoms with Crippen LogP contribution in [0.1, 0.15) is 34.6 Å². The fourth-order valence-corrected chi connectivity index (χ4v) is 3.81. The lowest BCUT2D eigenvalue weighted by molar-refractivity contribution is 0.0730. The Morgan fingerprint density at radius 1 is 1.15 bits per heavy atom. The van der Waals surface area contributed by atoms with Crippen LogP contribution in [0.5, 0.6) is 0 Å². The van der Waals surface area contributed by atoms with Gasteiger partial charge >= 0.3 is 0 Å². The smallest absolute Gasteiger partial charge is 0.274 e. The Bertz CT molecular complexity index is 951. The van der Waals surface area contributed by atoms with Gasteiger partial charge < -0.3 is 4.90 Å². The van der Waals surface area contributed by atoms with E-state index in [2.05, 4.69) is 5.10 Å². The summed E-state index contributed by atoms with van der Waals surface area (Å²) in [7, 11) is 0. The van der Waals surface area contributed by atoms with Gasteiger partial charge in [-0.1, -0.05) is 30.3 Å². The zero-order chi connectivity index (χ0) is 18.8. The van der Waals surface area contributed by atoms with Crippen LogP contribution in [0.25, 0.3) is 5.69 Å². The van der Waals surface area contributed by atoms with Gasteiger partial charge in [0.25, 0.3) is 5.91 Å². The molecule has 1 aliphatic heterocycles. The fourth-order valence-electron chi connectivity index (χ4n) is 3.81. The molecule has 3 aromatic rings. The van der Waals surface area contributed by atoms with Gasteiger partial charge in [0.2, 0.25) is 0 Å². The van der Waals surface area contributed by atoms with E-state index in [9.17, 15) is 9.18 Å². The third-order valence-corrected chi connectivity index (χ3v) is 5.11. The molecule has 0 bridgehead atoms. The maximum Gasteiger partial charge on any atom is 0.274 e. The number of halogens is 1. The third-order valence-electron chi connectivity index (χ3n) is 5.11. The molecule has 0 aliphatic carbocycles. The molecule has 1 atom stereocenters. The summed E-state index contributed by atoms with van der Waals surface area (Å²) in [5.41, 5.74) is 3.24. The lowest BCUT2D eigenvalue weighted by atomic mass is 10.0. The lowest BCUT2D eigenvalue weighted by Crippen LogP contribution is -2.37. The highest BCUT2D eigenvalue weighted by Gasteiger charge is 2.31. The molecule has 138 valence electrons. The van der Waals surface area contributed by atoms with Crippen LogP contribution in [0.15, 0.2) is 60.7 Å². The van der Waals surface area contributed by atoms with Crippen molar-refractivity contribution in [3.05, 3.63) is 83.4 Å². The van der Waals surface area contributed by atoms with E-state index < -0.39 is 0 Å². The quantitative estimate of drug-likeness (QED) is 0.698. The van der Waals surface area contributed by atoms with Crippen LogP contribution in [0.3, 0.4) is 0 Å². The van der Waals surface area contributed by atoms with Crippen molar-refractivity contribution in [1.82, 2.24) is 14.7 Å². The zero-order valence-corrected chi connectivity index (χ0v) is 15.3. The molecule has 1 unspecified atom stereocenters. The third kappa shape index (κ3) is 3.63. The molecule has 1 saturated heterocycles. The molecule has 1 aromatic heterocycles. The number of aryl methyl sites for hydroxylation is 1. The second-order valence-electron chi connectivity index (χ2n) is 7.05. The van der Waals surface area contributed by atoms with Crippen molar-refractivity contribution >= 4 is 5.91 Å². The van der Waals surface area contributed by atoms with E-state index in [4.69, 9.17) is 0 Å². The molecule has 0 radical (unpaired) electrons. The van der Waals surface area contributed by atoms with Gasteiger partial charge in [-0.05, 0) is 62.1 Å². The van der Waals surface area contributed by atoms with Gasteiger partial charge in [0.05, 0.1) is 5.69 Å². The van der Waals surface area contributed by atoms with Crippen molar-refractivity contribution in [1.29, 1.82) is 0 Å². The average Bonchev–Trinajstić information content (AvgIpc) is 3.28. The number of aromatic nitrogens is 2. The molecule has 1 fully saturated rings. The molecular formula is C22H22FN3O. The number of benzene rings is 2. The number of nitrogens with zero attached hydrogens (tertiary/aromatic N) is 3. The Kier molecular flexibility index (Phi) is 4.75. The van der Waals surface area contributed by atoms with E-state index in [0.29, 0.717) is 12.1 Å². The monoisotopic (exact) mass is 363 g/mol. The molecule has 0 N–H and O–H groups in total. The van der Waals surface area contributed by atoms with Crippen molar-refractivity contribution in [2.75, 3.05) is 6.54 Å². The Morgan fingerprint density at radius 3 is 2.74 bits per heavy atom. The molecule has 4 nitrogen and oxygen atoms in total. The van der Waals surface area contributed by atoms with Crippen LogP contribution in [0.4, 0.5) is 4.39 Å². The first kappa shape index (κ1) is 17.5. The highest BCUT2D eigenvalue weighted by atomic mass is 19.1. The number of hydrogen-bond acceptors (Lipinski definition) is 2. The highest BCUT2D eigenvalue weighted by Crippen LogP contribution is 2.24. The van der Waals surface area contributed by atoms with Crippen LogP contribution in [0, 0.1) is 12.7 Å². The first-order chi connectivity index (χ1) is 13.1. The standard InChI is InChI=1S/C22H22FN3O/c1-16-13-21(24-26(16)19-9-3-2-4-10-19)22(27)25-12-6-11-20(25)15-17-7-5-8-18(23)14-17/h2-5,7-10,13-14,20H,6,11-12,15H2,1H3. The first-order valence-corrected chi connectivity index (χ1v) is 9.29. The molecule has 1 aliphatic rings. The van der Waals surface area contributed by atoms with Gasteiger partial charge in [0, 0.05) is 18.3 Å². The van der Waals surface area contributed by atoms with E-state index in [1.54, 1.807) is 16.8 Å². The van der Waals surface area contributed by atoms with Crippen molar-refractivity contribution in [3.8, 4) is 5.69 Å². The minimum absolute atomic E-state index is 0.0494. The molecule has 27 heavy (non-hydrogen) atoms. The Balaban J connectivity index is 1.55. The second kappa shape index (κ2) is 7.35. The summed E-state index contributed by atoms with van der Waals surface area (Å²) in [6.45, 7) is 2.67. The largest absolute Gasteiger partial charge is 0.334 e. The van der Waals surface area contributed by atoms with Gasteiger partial charge in [-0.25, -0.2) is 9.07 Å². The number of amides is 1. The lowest BCUT2D eigenvalue weighted by Gasteiger charge is -2.24. The number of carbonyl (C=O) groups is 1. The fraction of sp³-hybridized carbons (Fsp3) is 0.273. The SMILES string of the molecule is Cc1cc(C(=O)N2CCCC2Cc2cccc(F)c2)nn1-c1ccccc1. The van der Waals surface area contributed by atoms with Crippen LogP contribution in [0.2, 0.25) is 0 Å². The van der Waals surface area contributed by atoms with Gasteiger partial charge in [0.15, 0.2) is 5.69 Å². The maximum atomic E-state index is 13.5. The van der Waals surface area contributed by atoms with E-state index in [0.717, 1.165) is 36.3 Å². The Morgan fingerprint density at radius 2 is 1.96 bits per heavy atom. The van der Waals surface area contributed by atoms with E-state index in [-0.39, 0.29) is 17.8 Å². The molecule has 2 heterocycles. The van der Waals surface area contributed by atoms with Crippen molar-refractivity contribution in [3.63, 3.8) is 0 Å². The predicted octanol–water partition coefficient (Wildman–Crippen LogP) is 4.17. The van der Waals surface area contributed by atoms with E-state index in [1.165, 1.54) is 6.07 Å². The summed E-state index contributed by atoms with van der Waals surface area (Å²) < 4.78 is 15.3. The maximum absolute atomic E-state index is 13.5. The summed E-state index contributed by atoms with van der Waals surface area (Å²) in [5, 5.41) is 4.55. The summed E-state index contributed by atoms with van der Waals surface area (Å²) in [5.74, 6) is -0.285. The normalized spacial score (nSPS) is 16.7. The number of hydrogen-bond donors (Lipinski definition) is 0. The minimum Gasteiger partial charge on any atom is -0.334 e. The molecule has 4 rings (SSSR count). The van der Waals surface area contributed by atoms with E-state index >= 15 is 0 Å². The number of likely N-dealkylation sites (tertiary alicyclic amines) is 1. The van der Waals surface area contributed by atoms with Crippen molar-refractivity contribution in [2.24, 2.45) is 0 Å². The predicted molar refractivity (Wildman–Crippen MR) is 102 cm³/mol. The molecule has 0 spiro atoms. The van der Waals surface area contributed by atoms with Crippen LogP contribution >= 0.6 is 0 Å². The van der Waals surface area contributed by atoms with Crippen molar-refractivity contribution in [2.45, 2.75) is 32.2 Å². The minimum atomic E-state index is -0.236. The summed E-state index contributed by atoms with van der Waals surface area (Å²) in [6.07, 6.45) is 2.56. The molecule has 2 aromatic carbocycles. The zero-order valence-electron chi connectivity index (χ0n) is 15.3. The van der Waals surface area contributed by atoms with Crippen LogP contribution in [-0.4, -0.2) is 33.2 Å². The summed E-state index contributed by atoms with van der Waals surface area (Å²) in [6, 6.07) is 18.4. The molecule has 1 amide bonds. The topological polar surface area (TPSA) is 38.1 Å². The molecule has 0 saturated carbocycles. The van der Waals surface area contributed by atoms with Crippen LogP contribution in [-0.2, 0) is 6.42 Å². The first-order valence-electron chi connectivity index (χ1n) is 9.29. The Labute approximate surface area is 158 Å². The molecule has 5 heteroatoms. The average molecular weight is 363 g/mol. The highest BCUT2D eigenvalue weighted by molar-refractivity contribution is 5.93. The van der Waals surface area contributed by atoms with Gasteiger partial charge in [-0.15, -0.1) is 0 Å². The second-order valence-corrected chi connectivity index (χ2v) is 7.05. The van der Waals surface area contributed by atoms with Crippen LogP contribution < -0.4 is 0 Å². The van der Waals surface area contributed by atoms with E-state index in [1.807, 2.05) is 54.3 Å². The van der Waals surface area contributed by atoms with Gasteiger partial charge in [0.1, 0.15) is 5.82 Å². The molecular weight excluding hydrogens is 341 g/mol. The summed E-state index contributed by atoms with van der Waals surface area (Å²) in [4.78, 5) is 15.0. The van der Waals surface area contributed by atoms with Gasteiger partial charge in [-0.2, -0.15) is 5.10 Å². The van der Waals surface area contributed by atoms with Crippen molar-refractivity contribution < 1.29 is 9.18 Å².